The van der Waals surface area contributed by atoms with E-state index in [4.69, 9.17) is 5.11 Å². The van der Waals surface area contributed by atoms with E-state index in [-0.39, 0.29) is 13.1 Å². The van der Waals surface area contributed by atoms with Gasteiger partial charge in [-0.15, -0.1) is 0 Å². The molecule has 1 aromatic carbocycles. The Morgan fingerprint density at radius 3 is 2.23 bits per heavy atom. The first-order valence-electron chi connectivity index (χ1n) is 6.64. The van der Waals surface area contributed by atoms with E-state index < -0.39 is 46.8 Å². The molecule has 8 heteroatoms. The number of carboxylic acid groups (broad SMARTS) is 1. The van der Waals surface area contributed by atoms with Gasteiger partial charge in [0, 0.05) is 13.1 Å². The molecule has 3 N–H and O–H groups in total. The molecule has 0 radical (unpaired) electrons. The molecule has 0 aliphatic heterocycles. The third kappa shape index (κ3) is 3.57. The van der Waals surface area contributed by atoms with Crippen LogP contribution in [-0.4, -0.2) is 36.0 Å². The van der Waals surface area contributed by atoms with Gasteiger partial charge >= 0.3 is 5.97 Å². The van der Waals surface area contributed by atoms with Gasteiger partial charge in [-0.1, -0.05) is 6.07 Å². The quantitative estimate of drug-likeness (QED) is 0.668. The SMILES string of the molecule is O=C(NCCNC(=O)C1CC1C(=O)O)c1c(F)cccc1F. The zero-order valence-electron chi connectivity index (χ0n) is 11.4. The van der Waals surface area contributed by atoms with E-state index >= 15 is 0 Å². The van der Waals surface area contributed by atoms with E-state index in [0.717, 1.165) is 18.2 Å². The highest BCUT2D eigenvalue weighted by molar-refractivity contribution is 5.94. The van der Waals surface area contributed by atoms with Crippen LogP contribution in [-0.2, 0) is 9.59 Å². The first kappa shape index (κ1) is 15.9. The van der Waals surface area contributed by atoms with Gasteiger partial charge in [0.2, 0.25) is 5.91 Å². The molecule has 1 aliphatic rings. The molecule has 2 rings (SSSR count). The average molecular weight is 312 g/mol. The maximum absolute atomic E-state index is 13.3. The third-order valence-corrected chi connectivity index (χ3v) is 3.34. The highest BCUT2D eigenvalue weighted by atomic mass is 19.1. The molecule has 2 atom stereocenters. The van der Waals surface area contributed by atoms with Crippen molar-refractivity contribution in [3.8, 4) is 0 Å². The smallest absolute Gasteiger partial charge is 0.307 e. The Morgan fingerprint density at radius 1 is 1.09 bits per heavy atom. The summed E-state index contributed by atoms with van der Waals surface area (Å²) in [6.07, 6.45) is 0.300. The number of carbonyl (C=O) groups is 3. The number of carbonyl (C=O) groups excluding carboxylic acids is 2. The lowest BCUT2D eigenvalue weighted by Crippen LogP contribution is -2.36. The Morgan fingerprint density at radius 2 is 1.68 bits per heavy atom. The van der Waals surface area contributed by atoms with E-state index in [1.165, 1.54) is 0 Å². The molecule has 0 saturated heterocycles. The highest BCUT2D eigenvalue weighted by Crippen LogP contribution is 2.38. The summed E-state index contributed by atoms with van der Waals surface area (Å²) in [7, 11) is 0. The molecule has 2 unspecified atom stereocenters. The topological polar surface area (TPSA) is 95.5 Å². The average Bonchev–Trinajstić information content (AvgIpc) is 3.23. The van der Waals surface area contributed by atoms with Crippen LogP contribution in [0.4, 0.5) is 8.78 Å². The molecular formula is C14H14F2N2O4. The van der Waals surface area contributed by atoms with Gasteiger partial charge in [0.1, 0.15) is 17.2 Å². The van der Waals surface area contributed by atoms with Gasteiger partial charge in [0.15, 0.2) is 0 Å². The van der Waals surface area contributed by atoms with Gasteiger partial charge in [-0.3, -0.25) is 14.4 Å². The second-order valence-electron chi connectivity index (χ2n) is 4.93. The van der Waals surface area contributed by atoms with Crippen LogP contribution in [0.5, 0.6) is 0 Å². The summed E-state index contributed by atoms with van der Waals surface area (Å²) in [5.41, 5.74) is -0.679. The van der Waals surface area contributed by atoms with E-state index in [1.807, 2.05) is 0 Å². The van der Waals surface area contributed by atoms with Crippen molar-refractivity contribution in [2.24, 2.45) is 11.8 Å². The Kier molecular flexibility index (Phi) is 4.69. The van der Waals surface area contributed by atoms with Crippen LogP contribution < -0.4 is 10.6 Å². The predicted octanol–water partition coefficient (Wildman–Crippen LogP) is 0.532. The van der Waals surface area contributed by atoms with Crippen molar-refractivity contribution in [1.29, 1.82) is 0 Å². The van der Waals surface area contributed by atoms with Crippen molar-refractivity contribution in [1.82, 2.24) is 10.6 Å². The number of aliphatic carboxylic acids is 1. The summed E-state index contributed by atoms with van der Waals surface area (Å²) in [5.74, 6) is -5.46. The Balaban J connectivity index is 1.74. The first-order valence-corrected chi connectivity index (χ1v) is 6.64. The lowest BCUT2D eigenvalue weighted by atomic mass is 10.2. The van der Waals surface area contributed by atoms with Crippen molar-refractivity contribution in [2.45, 2.75) is 6.42 Å². The van der Waals surface area contributed by atoms with E-state index in [2.05, 4.69) is 10.6 Å². The van der Waals surface area contributed by atoms with Crippen LogP contribution in [0.2, 0.25) is 0 Å². The van der Waals surface area contributed by atoms with Crippen LogP contribution in [0, 0.1) is 23.5 Å². The number of amides is 2. The van der Waals surface area contributed by atoms with Crippen molar-refractivity contribution >= 4 is 17.8 Å². The Labute approximate surface area is 124 Å². The van der Waals surface area contributed by atoms with Crippen LogP contribution in [0.3, 0.4) is 0 Å². The molecule has 0 heterocycles. The van der Waals surface area contributed by atoms with Crippen molar-refractivity contribution in [2.75, 3.05) is 13.1 Å². The number of hydrogen-bond donors (Lipinski definition) is 3. The van der Waals surface area contributed by atoms with Crippen molar-refractivity contribution < 1.29 is 28.3 Å². The van der Waals surface area contributed by atoms with Gasteiger partial charge in [-0.2, -0.15) is 0 Å². The lowest BCUT2D eigenvalue weighted by molar-refractivity contribution is -0.140. The Hall–Kier alpha value is -2.51. The summed E-state index contributed by atoms with van der Waals surface area (Å²) in [6, 6.07) is 3.09. The standard InChI is InChI=1S/C14H14F2N2O4/c15-9-2-1-3-10(16)11(9)13(20)18-5-4-17-12(19)7-6-8(7)14(21)22/h1-3,7-8H,4-6H2,(H,17,19)(H,18,20)(H,21,22). The minimum atomic E-state index is -1.01. The van der Waals surface area contributed by atoms with E-state index in [0.29, 0.717) is 6.42 Å². The summed E-state index contributed by atoms with van der Waals surface area (Å²) < 4.78 is 26.7. The van der Waals surface area contributed by atoms with Crippen molar-refractivity contribution in [3.63, 3.8) is 0 Å². The van der Waals surface area contributed by atoms with Crippen LogP contribution in [0.1, 0.15) is 16.8 Å². The molecule has 118 valence electrons. The summed E-state index contributed by atoms with van der Waals surface area (Å²) >= 11 is 0. The van der Waals surface area contributed by atoms with Gasteiger partial charge in [0.25, 0.3) is 5.91 Å². The molecule has 6 nitrogen and oxygen atoms in total. The zero-order chi connectivity index (χ0) is 16.3. The van der Waals surface area contributed by atoms with Crippen LogP contribution in [0.15, 0.2) is 18.2 Å². The molecule has 0 spiro atoms. The fourth-order valence-electron chi connectivity index (χ4n) is 2.05. The second-order valence-corrected chi connectivity index (χ2v) is 4.93. The minimum Gasteiger partial charge on any atom is -0.481 e. The summed E-state index contributed by atoms with van der Waals surface area (Å²) in [6.45, 7) is 0.0201. The molecule has 1 fully saturated rings. The molecule has 1 saturated carbocycles. The molecular weight excluding hydrogens is 298 g/mol. The Bertz CT molecular complexity index is 601. The maximum Gasteiger partial charge on any atom is 0.307 e. The monoisotopic (exact) mass is 312 g/mol. The van der Waals surface area contributed by atoms with Gasteiger partial charge < -0.3 is 15.7 Å². The first-order chi connectivity index (χ1) is 10.4. The van der Waals surface area contributed by atoms with Crippen LogP contribution in [0.25, 0.3) is 0 Å². The largest absolute Gasteiger partial charge is 0.481 e. The van der Waals surface area contributed by atoms with Gasteiger partial charge in [0.05, 0.1) is 11.8 Å². The summed E-state index contributed by atoms with van der Waals surface area (Å²) in [5, 5.41) is 13.4. The summed E-state index contributed by atoms with van der Waals surface area (Å²) in [4.78, 5) is 33.8. The third-order valence-electron chi connectivity index (χ3n) is 3.34. The van der Waals surface area contributed by atoms with Gasteiger partial charge in [-0.05, 0) is 18.6 Å². The normalized spacial score (nSPS) is 19.4. The van der Waals surface area contributed by atoms with Crippen molar-refractivity contribution in [3.05, 3.63) is 35.4 Å². The number of rotatable bonds is 6. The fraction of sp³-hybridized carbons (Fsp3) is 0.357. The second kappa shape index (κ2) is 6.50. The zero-order valence-corrected chi connectivity index (χ0v) is 11.4. The van der Waals surface area contributed by atoms with Crippen LogP contribution >= 0.6 is 0 Å². The number of benzene rings is 1. The number of hydrogen-bond acceptors (Lipinski definition) is 3. The number of halogens is 2. The minimum absolute atomic E-state index is 0.0250. The van der Waals surface area contributed by atoms with Gasteiger partial charge in [-0.25, -0.2) is 8.78 Å². The molecule has 1 aliphatic carbocycles. The molecule has 0 bridgehead atoms. The molecule has 2 amide bonds. The molecule has 22 heavy (non-hydrogen) atoms. The fourth-order valence-corrected chi connectivity index (χ4v) is 2.05. The van der Waals surface area contributed by atoms with E-state index in [1.54, 1.807) is 0 Å². The lowest BCUT2D eigenvalue weighted by Gasteiger charge is -2.08. The number of nitrogens with one attached hydrogen (secondary N) is 2. The predicted molar refractivity (Wildman–Crippen MR) is 70.9 cm³/mol. The highest BCUT2D eigenvalue weighted by Gasteiger charge is 2.48. The molecule has 1 aromatic rings. The number of carboxylic acids is 1. The molecule has 0 aromatic heterocycles. The van der Waals surface area contributed by atoms with E-state index in [9.17, 15) is 23.2 Å². The maximum atomic E-state index is 13.3.